The van der Waals surface area contributed by atoms with Gasteiger partial charge in [-0.3, -0.25) is 4.98 Å². The molecule has 2 aromatic rings. The fraction of sp³-hybridized carbons (Fsp3) is 0.267. The van der Waals surface area contributed by atoms with Crippen LogP contribution in [0.15, 0.2) is 35.1 Å². The topological polar surface area (TPSA) is 34.2 Å². The van der Waals surface area contributed by atoms with E-state index in [1.165, 1.54) is 17.8 Å². The quantitative estimate of drug-likeness (QED) is 0.930. The molecule has 0 aliphatic carbocycles. The van der Waals surface area contributed by atoms with Gasteiger partial charge in [-0.2, -0.15) is 0 Å². The van der Waals surface area contributed by atoms with Crippen molar-refractivity contribution in [3.05, 3.63) is 57.6 Å². The van der Waals surface area contributed by atoms with Crippen LogP contribution in [-0.4, -0.2) is 11.6 Å². The largest absolute Gasteiger partial charge is 0.493 e. The van der Waals surface area contributed by atoms with Gasteiger partial charge in [-0.25, -0.2) is 4.39 Å². The highest BCUT2D eigenvalue weighted by Crippen LogP contribution is 2.32. The van der Waals surface area contributed by atoms with Crippen molar-refractivity contribution in [2.75, 3.05) is 6.61 Å². The Bertz CT molecular complexity index is 633. The van der Waals surface area contributed by atoms with Crippen LogP contribution in [0.2, 0.25) is 0 Å². The van der Waals surface area contributed by atoms with Crippen LogP contribution in [-0.2, 0) is 19.5 Å². The lowest BCUT2D eigenvalue weighted by Crippen LogP contribution is -2.13. The van der Waals surface area contributed by atoms with E-state index in [1.807, 2.05) is 0 Å². The zero-order valence-corrected chi connectivity index (χ0v) is 12.4. The van der Waals surface area contributed by atoms with Gasteiger partial charge in [0.15, 0.2) is 0 Å². The number of rotatable bonds is 4. The normalized spacial score (nSPS) is 13.1. The summed E-state index contributed by atoms with van der Waals surface area (Å²) in [5.41, 5.74) is 3.19. The number of fused-ring (bicyclic) bond motifs is 1. The number of ether oxygens (including phenoxy) is 1. The first-order valence-electron chi connectivity index (χ1n) is 6.46. The smallest absolute Gasteiger partial charge is 0.141 e. The van der Waals surface area contributed by atoms with Crippen molar-refractivity contribution >= 4 is 15.9 Å². The van der Waals surface area contributed by atoms with Gasteiger partial charge in [-0.15, -0.1) is 0 Å². The summed E-state index contributed by atoms with van der Waals surface area (Å²) in [6, 6.07) is 5.64. The molecule has 1 aromatic heterocycles. The second-order valence-electron chi connectivity index (χ2n) is 4.77. The molecule has 0 bridgehead atoms. The van der Waals surface area contributed by atoms with Crippen LogP contribution in [0, 0.1) is 5.82 Å². The van der Waals surface area contributed by atoms with Crippen LogP contribution in [0.4, 0.5) is 4.39 Å². The Hall–Kier alpha value is -1.46. The minimum Gasteiger partial charge on any atom is -0.493 e. The van der Waals surface area contributed by atoms with Crippen molar-refractivity contribution in [1.29, 1.82) is 0 Å². The Morgan fingerprint density at radius 1 is 1.25 bits per heavy atom. The molecule has 104 valence electrons. The Balaban J connectivity index is 1.67. The minimum atomic E-state index is -0.309. The van der Waals surface area contributed by atoms with Crippen molar-refractivity contribution in [3.63, 3.8) is 0 Å². The third kappa shape index (κ3) is 2.99. The number of halogens is 2. The molecular formula is C15H14BrFN2O. The van der Waals surface area contributed by atoms with Crippen LogP contribution in [0.3, 0.4) is 0 Å². The highest BCUT2D eigenvalue weighted by molar-refractivity contribution is 9.10. The summed E-state index contributed by atoms with van der Waals surface area (Å²) in [6.45, 7) is 2.00. The summed E-state index contributed by atoms with van der Waals surface area (Å²) in [6.07, 6.45) is 3.83. The maximum atomic E-state index is 13.0. The lowest BCUT2D eigenvalue weighted by molar-refractivity contribution is 0.352. The van der Waals surface area contributed by atoms with Gasteiger partial charge in [0.05, 0.1) is 12.8 Å². The average Bonchev–Trinajstić information content (AvgIpc) is 2.87. The fourth-order valence-electron chi connectivity index (χ4n) is 2.37. The third-order valence-corrected chi connectivity index (χ3v) is 3.69. The Morgan fingerprint density at radius 2 is 2.15 bits per heavy atom. The summed E-state index contributed by atoms with van der Waals surface area (Å²) in [5, 5.41) is 3.29. The Labute approximate surface area is 125 Å². The van der Waals surface area contributed by atoms with Crippen LogP contribution in [0.1, 0.15) is 16.7 Å². The van der Waals surface area contributed by atoms with Gasteiger partial charge in [0.2, 0.25) is 0 Å². The van der Waals surface area contributed by atoms with Gasteiger partial charge in [-0.1, -0.05) is 15.9 Å². The molecule has 1 N–H and O–H groups in total. The summed E-state index contributed by atoms with van der Waals surface area (Å²) < 4.78 is 19.8. The summed E-state index contributed by atoms with van der Waals surface area (Å²) >= 11 is 3.52. The van der Waals surface area contributed by atoms with E-state index >= 15 is 0 Å². The van der Waals surface area contributed by atoms with Crippen LogP contribution in [0.5, 0.6) is 5.75 Å². The highest BCUT2D eigenvalue weighted by atomic mass is 79.9. The first kappa shape index (κ1) is 13.5. The van der Waals surface area contributed by atoms with Crippen LogP contribution in [0.25, 0.3) is 0 Å². The summed E-state index contributed by atoms with van der Waals surface area (Å²) in [5.74, 6) is 0.675. The van der Waals surface area contributed by atoms with Crippen molar-refractivity contribution in [2.45, 2.75) is 19.5 Å². The molecule has 20 heavy (non-hydrogen) atoms. The molecule has 1 aliphatic rings. The molecule has 0 radical (unpaired) electrons. The van der Waals surface area contributed by atoms with E-state index in [9.17, 15) is 4.39 Å². The number of hydrogen-bond acceptors (Lipinski definition) is 3. The number of nitrogens with zero attached hydrogens (tertiary/aromatic N) is 1. The summed E-state index contributed by atoms with van der Waals surface area (Å²) in [4.78, 5) is 3.83. The van der Waals surface area contributed by atoms with E-state index < -0.39 is 0 Å². The Kier molecular flexibility index (Phi) is 3.98. The SMILES string of the molecule is Fc1cncc(CNCc2cc(Br)cc3c2OCC3)c1. The van der Waals surface area contributed by atoms with Gasteiger partial charge in [0, 0.05) is 35.7 Å². The Morgan fingerprint density at radius 3 is 3.00 bits per heavy atom. The number of nitrogens with one attached hydrogen (secondary N) is 1. The van der Waals surface area contributed by atoms with Crippen LogP contribution < -0.4 is 10.1 Å². The first-order valence-corrected chi connectivity index (χ1v) is 7.26. The van der Waals surface area contributed by atoms with Crippen molar-refractivity contribution < 1.29 is 9.13 Å². The van der Waals surface area contributed by atoms with Gasteiger partial charge in [0.25, 0.3) is 0 Å². The molecule has 3 nitrogen and oxygen atoms in total. The van der Waals surface area contributed by atoms with E-state index in [1.54, 1.807) is 6.20 Å². The van der Waals surface area contributed by atoms with E-state index in [0.717, 1.165) is 34.4 Å². The van der Waals surface area contributed by atoms with E-state index in [-0.39, 0.29) is 5.82 Å². The molecule has 0 saturated heterocycles. The van der Waals surface area contributed by atoms with E-state index in [4.69, 9.17) is 4.74 Å². The standard InChI is InChI=1S/C15H14BrFN2O/c16-13-4-11-1-2-20-15(11)12(5-13)8-18-6-10-3-14(17)9-19-7-10/h3-5,7,9,18H,1-2,6,8H2. The molecule has 2 heterocycles. The molecule has 0 amide bonds. The average molecular weight is 337 g/mol. The molecule has 3 rings (SSSR count). The van der Waals surface area contributed by atoms with Crippen molar-refractivity contribution in [3.8, 4) is 5.75 Å². The van der Waals surface area contributed by atoms with Gasteiger partial charge in [-0.05, 0) is 29.3 Å². The zero-order chi connectivity index (χ0) is 13.9. The first-order chi connectivity index (χ1) is 9.72. The predicted molar refractivity (Wildman–Crippen MR) is 78.1 cm³/mol. The number of benzene rings is 1. The number of aromatic nitrogens is 1. The van der Waals surface area contributed by atoms with Gasteiger partial charge in [0.1, 0.15) is 11.6 Å². The highest BCUT2D eigenvalue weighted by Gasteiger charge is 2.17. The molecule has 1 aromatic carbocycles. The molecule has 0 unspecified atom stereocenters. The molecule has 0 saturated carbocycles. The van der Waals surface area contributed by atoms with E-state index in [0.29, 0.717) is 13.1 Å². The monoisotopic (exact) mass is 336 g/mol. The van der Waals surface area contributed by atoms with Gasteiger partial charge >= 0.3 is 0 Å². The maximum Gasteiger partial charge on any atom is 0.141 e. The minimum absolute atomic E-state index is 0.309. The molecule has 0 fully saturated rings. The molecule has 5 heteroatoms. The van der Waals surface area contributed by atoms with Crippen LogP contribution >= 0.6 is 15.9 Å². The second-order valence-corrected chi connectivity index (χ2v) is 5.68. The molecule has 0 spiro atoms. The van der Waals surface area contributed by atoms with Crippen molar-refractivity contribution in [2.24, 2.45) is 0 Å². The van der Waals surface area contributed by atoms with E-state index in [2.05, 4.69) is 38.4 Å². The lowest BCUT2D eigenvalue weighted by Gasteiger charge is -2.10. The molecule has 0 atom stereocenters. The zero-order valence-electron chi connectivity index (χ0n) is 10.8. The maximum absolute atomic E-state index is 13.0. The number of pyridine rings is 1. The fourth-order valence-corrected chi connectivity index (χ4v) is 2.92. The molecule has 1 aliphatic heterocycles. The predicted octanol–water partition coefficient (Wildman–Crippen LogP) is 3.21. The molecular weight excluding hydrogens is 323 g/mol. The van der Waals surface area contributed by atoms with Crippen molar-refractivity contribution in [1.82, 2.24) is 10.3 Å². The lowest BCUT2D eigenvalue weighted by atomic mass is 10.1. The van der Waals surface area contributed by atoms with Gasteiger partial charge < -0.3 is 10.1 Å². The number of hydrogen-bond donors (Lipinski definition) is 1. The third-order valence-electron chi connectivity index (χ3n) is 3.23. The summed E-state index contributed by atoms with van der Waals surface area (Å²) in [7, 11) is 0. The second kappa shape index (κ2) is 5.89.